The van der Waals surface area contributed by atoms with Gasteiger partial charge in [0.05, 0.1) is 0 Å². The average molecular weight is 350 g/mol. The van der Waals surface area contributed by atoms with Gasteiger partial charge in [0.15, 0.2) is 0 Å². The molecule has 0 radical (unpaired) electrons. The third-order valence-corrected chi connectivity index (χ3v) is 4.60. The zero-order chi connectivity index (χ0) is 18.2. The molecule has 1 aliphatic rings. The lowest BCUT2D eigenvalue weighted by molar-refractivity contribution is -0.132. The fourth-order valence-electron chi connectivity index (χ4n) is 2.94. The highest BCUT2D eigenvalue weighted by Crippen LogP contribution is 2.28. The van der Waals surface area contributed by atoms with Crippen LogP contribution in [0.1, 0.15) is 36.8 Å². The molecule has 0 saturated heterocycles. The van der Waals surface area contributed by atoms with Gasteiger partial charge in [-0.15, -0.1) is 0 Å². The van der Waals surface area contributed by atoms with Crippen molar-refractivity contribution in [2.24, 2.45) is 5.92 Å². The lowest BCUT2D eigenvalue weighted by atomic mass is 10.1. The fourth-order valence-corrected chi connectivity index (χ4v) is 2.94. The molecule has 3 rings (SSSR count). The van der Waals surface area contributed by atoms with E-state index in [-0.39, 0.29) is 17.7 Å². The van der Waals surface area contributed by atoms with E-state index in [2.05, 4.69) is 5.32 Å². The summed E-state index contributed by atoms with van der Waals surface area (Å²) in [6.07, 6.45) is 3.14. The second-order valence-electron chi connectivity index (χ2n) is 6.89. The second kappa shape index (κ2) is 9.18. The van der Waals surface area contributed by atoms with Gasteiger partial charge in [0.25, 0.3) is 0 Å². The normalized spacial score (nSPS) is 13.2. The van der Waals surface area contributed by atoms with Gasteiger partial charge in [-0.1, -0.05) is 60.7 Å². The molecule has 1 fully saturated rings. The monoisotopic (exact) mass is 350 g/mol. The van der Waals surface area contributed by atoms with Crippen LogP contribution in [-0.2, 0) is 22.7 Å². The summed E-state index contributed by atoms with van der Waals surface area (Å²) in [5.41, 5.74) is 2.25. The van der Waals surface area contributed by atoms with Crippen LogP contribution in [0.25, 0.3) is 0 Å². The Morgan fingerprint density at radius 1 is 0.885 bits per heavy atom. The molecular weight excluding hydrogens is 324 g/mol. The SMILES string of the molecule is O=C(NCCCC(=O)N(Cc1ccccc1)Cc1ccccc1)C1CC1. The number of benzene rings is 2. The fraction of sp³-hybridized carbons (Fsp3) is 0.364. The Morgan fingerprint density at radius 2 is 1.42 bits per heavy atom. The molecule has 2 amide bonds. The maximum atomic E-state index is 12.8. The molecule has 0 heterocycles. The van der Waals surface area contributed by atoms with Gasteiger partial charge in [-0.2, -0.15) is 0 Å². The molecule has 0 unspecified atom stereocenters. The van der Waals surface area contributed by atoms with Crippen LogP contribution in [-0.4, -0.2) is 23.3 Å². The van der Waals surface area contributed by atoms with E-state index in [1.54, 1.807) is 0 Å². The Balaban J connectivity index is 1.54. The van der Waals surface area contributed by atoms with Crippen molar-refractivity contribution < 1.29 is 9.59 Å². The maximum absolute atomic E-state index is 12.8. The molecule has 0 atom stereocenters. The number of carbonyl (C=O) groups is 2. The summed E-state index contributed by atoms with van der Waals surface area (Å²) in [7, 11) is 0. The Bertz CT molecular complexity index is 670. The van der Waals surface area contributed by atoms with E-state index in [9.17, 15) is 9.59 Å². The molecule has 0 aliphatic heterocycles. The summed E-state index contributed by atoms with van der Waals surface area (Å²) in [5.74, 6) is 0.486. The molecule has 0 bridgehead atoms. The highest BCUT2D eigenvalue weighted by atomic mass is 16.2. The summed E-state index contributed by atoms with van der Waals surface area (Å²) in [6, 6.07) is 20.1. The Morgan fingerprint density at radius 3 is 1.92 bits per heavy atom. The smallest absolute Gasteiger partial charge is 0.223 e. The Hall–Kier alpha value is -2.62. The zero-order valence-electron chi connectivity index (χ0n) is 15.1. The van der Waals surface area contributed by atoms with Crippen LogP contribution >= 0.6 is 0 Å². The van der Waals surface area contributed by atoms with Gasteiger partial charge in [-0.3, -0.25) is 9.59 Å². The first kappa shape index (κ1) is 18.2. The predicted molar refractivity (Wildman–Crippen MR) is 102 cm³/mol. The molecule has 1 aliphatic carbocycles. The average Bonchev–Trinajstić information content (AvgIpc) is 3.51. The van der Waals surface area contributed by atoms with E-state index < -0.39 is 0 Å². The Labute approximate surface area is 155 Å². The van der Waals surface area contributed by atoms with E-state index in [0.29, 0.717) is 32.5 Å². The summed E-state index contributed by atoms with van der Waals surface area (Å²) in [5, 5.41) is 2.93. The molecule has 0 aromatic heterocycles. The highest BCUT2D eigenvalue weighted by Gasteiger charge is 2.29. The molecule has 2 aromatic carbocycles. The van der Waals surface area contributed by atoms with Gasteiger partial charge in [0.1, 0.15) is 0 Å². The van der Waals surface area contributed by atoms with Crippen molar-refractivity contribution in [3.05, 3.63) is 71.8 Å². The number of hydrogen-bond acceptors (Lipinski definition) is 2. The highest BCUT2D eigenvalue weighted by molar-refractivity contribution is 5.81. The van der Waals surface area contributed by atoms with E-state index >= 15 is 0 Å². The molecule has 4 heteroatoms. The first-order valence-corrected chi connectivity index (χ1v) is 9.36. The molecule has 4 nitrogen and oxygen atoms in total. The molecule has 26 heavy (non-hydrogen) atoms. The summed E-state index contributed by atoms with van der Waals surface area (Å²) in [6.45, 7) is 1.78. The number of amides is 2. The van der Waals surface area contributed by atoms with Gasteiger partial charge in [-0.05, 0) is 30.4 Å². The van der Waals surface area contributed by atoms with Gasteiger partial charge < -0.3 is 10.2 Å². The zero-order valence-corrected chi connectivity index (χ0v) is 15.1. The van der Waals surface area contributed by atoms with Gasteiger partial charge >= 0.3 is 0 Å². The number of carbonyl (C=O) groups excluding carboxylic acids is 2. The summed E-state index contributed by atoms with van der Waals surface area (Å²) >= 11 is 0. The summed E-state index contributed by atoms with van der Waals surface area (Å²) < 4.78 is 0. The van der Waals surface area contributed by atoms with E-state index in [0.717, 1.165) is 24.0 Å². The Kier molecular flexibility index (Phi) is 6.42. The van der Waals surface area contributed by atoms with E-state index in [4.69, 9.17) is 0 Å². The van der Waals surface area contributed by atoms with Crippen LogP contribution in [0.3, 0.4) is 0 Å². The lowest BCUT2D eigenvalue weighted by Crippen LogP contribution is -2.31. The van der Waals surface area contributed by atoms with Crippen LogP contribution in [0.5, 0.6) is 0 Å². The van der Waals surface area contributed by atoms with Crippen molar-refractivity contribution in [1.82, 2.24) is 10.2 Å². The minimum Gasteiger partial charge on any atom is -0.356 e. The molecule has 0 spiro atoms. The molecule has 1 N–H and O–H groups in total. The molecule has 2 aromatic rings. The maximum Gasteiger partial charge on any atom is 0.223 e. The predicted octanol–water partition coefficient (Wildman–Crippen LogP) is 3.52. The molecule has 1 saturated carbocycles. The number of nitrogens with zero attached hydrogens (tertiary/aromatic N) is 1. The van der Waals surface area contributed by atoms with E-state index in [1.807, 2.05) is 65.6 Å². The standard InChI is InChI=1S/C22H26N2O2/c25-21(12-7-15-23-22(26)20-13-14-20)24(16-18-8-3-1-4-9-18)17-19-10-5-2-6-11-19/h1-6,8-11,20H,7,12-17H2,(H,23,26). The topological polar surface area (TPSA) is 49.4 Å². The van der Waals surface area contributed by atoms with Crippen LogP contribution in [0.4, 0.5) is 0 Å². The van der Waals surface area contributed by atoms with Crippen molar-refractivity contribution in [3.63, 3.8) is 0 Å². The minimum absolute atomic E-state index is 0.123. The van der Waals surface area contributed by atoms with Crippen molar-refractivity contribution >= 4 is 11.8 Å². The molecular formula is C22H26N2O2. The van der Waals surface area contributed by atoms with Crippen molar-refractivity contribution in [1.29, 1.82) is 0 Å². The van der Waals surface area contributed by atoms with Crippen molar-refractivity contribution in [2.45, 2.75) is 38.8 Å². The molecule has 136 valence electrons. The number of nitrogens with one attached hydrogen (secondary N) is 1. The van der Waals surface area contributed by atoms with Gasteiger partial charge in [0.2, 0.25) is 11.8 Å². The van der Waals surface area contributed by atoms with Crippen LogP contribution < -0.4 is 5.32 Å². The largest absolute Gasteiger partial charge is 0.356 e. The lowest BCUT2D eigenvalue weighted by Gasteiger charge is -2.23. The van der Waals surface area contributed by atoms with Crippen LogP contribution in [0.15, 0.2) is 60.7 Å². The van der Waals surface area contributed by atoms with Gasteiger partial charge in [-0.25, -0.2) is 0 Å². The first-order valence-electron chi connectivity index (χ1n) is 9.36. The van der Waals surface area contributed by atoms with Crippen LogP contribution in [0.2, 0.25) is 0 Å². The third kappa shape index (κ3) is 5.73. The number of rotatable bonds is 9. The number of hydrogen-bond donors (Lipinski definition) is 1. The summed E-state index contributed by atoms with van der Waals surface area (Å²) in [4.78, 5) is 26.3. The third-order valence-electron chi connectivity index (χ3n) is 4.60. The van der Waals surface area contributed by atoms with E-state index in [1.165, 1.54) is 0 Å². The van der Waals surface area contributed by atoms with Crippen LogP contribution in [0, 0.1) is 5.92 Å². The first-order chi connectivity index (χ1) is 12.7. The van der Waals surface area contributed by atoms with Crippen molar-refractivity contribution in [2.75, 3.05) is 6.54 Å². The quantitative estimate of drug-likeness (QED) is 0.704. The van der Waals surface area contributed by atoms with Gasteiger partial charge in [0, 0.05) is 32.0 Å². The second-order valence-corrected chi connectivity index (χ2v) is 6.89. The minimum atomic E-state index is 0.123. The van der Waals surface area contributed by atoms with Crippen molar-refractivity contribution in [3.8, 4) is 0 Å².